The molecular weight excluding hydrogens is 240 g/mol. The van der Waals surface area contributed by atoms with Crippen LogP contribution in [0, 0.1) is 0 Å². The number of aliphatic carboxylic acids is 1. The fraction of sp³-hybridized carbons (Fsp3) is 0.700. The summed E-state index contributed by atoms with van der Waals surface area (Å²) in [6.07, 6.45) is 0. The highest BCUT2D eigenvalue weighted by Gasteiger charge is 2.14. The quantitative estimate of drug-likeness (QED) is 0.462. The molecule has 0 fully saturated rings. The number of carboxylic acids is 1. The van der Waals surface area contributed by atoms with Crippen molar-refractivity contribution in [3.05, 3.63) is 0 Å². The third-order valence-corrected chi connectivity index (χ3v) is 1.97. The van der Waals surface area contributed by atoms with E-state index in [-0.39, 0.29) is 19.0 Å². The summed E-state index contributed by atoms with van der Waals surface area (Å²) in [6, 6.07) is 0. The number of likely N-dealkylation sites (N-methyl/N-ethyl adjacent to an activating group) is 1. The number of carbonyl (C=O) groups excluding carboxylic acids is 2. The van der Waals surface area contributed by atoms with Gasteiger partial charge in [0, 0.05) is 20.0 Å². The molecule has 0 atom stereocenters. The predicted molar refractivity (Wildman–Crippen MR) is 64.6 cm³/mol. The Hall–Kier alpha value is -1.67. The van der Waals surface area contributed by atoms with Crippen molar-refractivity contribution in [1.29, 1.82) is 0 Å². The second-order valence-corrected chi connectivity index (χ2v) is 4.14. The highest BCUT2D eigenvalue weighted by Crippen LogP contribution is 1.89. The topological polar surface area (TPSA) is 102 Å². The molecule has 2 amide bonds. The number of amides is 2. The number of nitrogens with one attached hydrogen (secondary N) is 2. The first-order valence-corrected chi connectivity index (χ1v) is 5.45. The van der Waals surface area contributed by atoms with E-state index in [1.54, 1.807) is 0 Å². The minimum atomic E-state index is -0.999. The molecule has 8 heteroatoms. The third-order valence-electron chi connectivity index (χ3n) is 1.97. The van der Waals surface area contributed by atoms with E-state index in [2.05, 4.69) is 10.9 Å². The normalized spacial score (nSPS) is 10.5. The van der Waals surface area contributed by atoms with Gasteiger partial charge in [-0.3, -0.25) is 30.1 Å². The van der Waals surface area contributed by atoms with E-state index in [9.17, 15) is 14.4 Å². The van der Waals surface area contributed by atoms with Gasteiger partial charge < -0.3 is 10.0 Å². The lowest BCUT2D eigenvalue weighted by atomic mass is 10.4. The number of hydrogen-bond acceptors (Lipinski definition) is 5. The summed E-state index contributed by atoms with van der Waals surface area (Å²) >= 11 is 0. The Kier molecular flexibility index (Phi) is 7.64. The van der Waals surface area contributed by atoms with E-state index in [0.29, 0.717) is 13.1 Å². The molecule has 104 valence electrons. The molecule has 0 saturated carbocycles. The van der Waals surface area contributed by atoms with Crippen LogP contribution in [0.2, 0.25) is 0 Å². The van der Waals surface area contributed by atoms with E-state index in [4.69, 9.17) is 5.11 Å². The van der Waals surface area contributed by atoms with Gasteiger partial charge in [-0.2, -0.15) is 0 Å². The molecule has 0 aliphatic rings. The molecule has 0 radical (unpaired) electrons. The zero-order chi connectivity index (χ0) is 14.1. The maximum atomic E-state index is 11.4. The fourth-order valence-corrected chi connectivity index (χ4v) is 1.15. The van der Waals surface area contributed by atoms with Gasteiger partial charge in [0.15, 0.2) is 0 Å². The van der Waals surface area contributed by atoms with Crippen LogP contribution >= 0.6 is 0 Å². The number of hydrazine groups is 1. The first kappa shape index (κ1) is 16.3. The molecule has 0 saturated heterocycles. The van der Waals surface area contributed by atoms with Crippen LogP contribution in [0.5, 0.6) is 0 Å². The molecule has 3 N–H and O–H groups in total. The third kappa shape index (κ3) is 9.55. The molecule has 0 aromatic heterocycles. The first-order chi connectivity index (χ1) is 8.31. The van der Waals surface area contributed by atoms with Crippen molar-refractivity contribution < 1.29 is 19.5 Å². The SMILES string of the molecule is CC(=O)NNC(=O)CN(CCN(C)C)CC(=O)O. The summed E-state index contributed by atoms with van der Waals surface area (Å²) in [5.74, 6) is -1.84. The van der Waals surface area contributed by atoms with Crippen LogP contribution < -0.4 is 10.9 Å². The molecule has 8 nitrogen and oxygen atoms in total. The maximum absolute atomic E-state index is 11.4. The van der Waals surface area contributed by atoms with Gasteiger partial charge in [0.25, 0.3) is 5.91 Å². The Morgan fingerprint density at radius 1 is 1.06 bits per heavy atom. The fourth-order valence-electron chi connectivity index (χ4n) is 1.15. The van der Waals surface area contributed by atoms with Gasteiger partial charge in [-0.25, -0.2) is 0 Å². The molecule has 18 heavy (non-hydrogen) atoms. The van der Waals surface area contributed by atoms with Crippen molar-refractivity contribution >= 4 is 17.8 Å². The molecule has 0 aliphatic heterocycles. The minimum Gasteiger partial charge on any atom is -0.480 e. The highest BCUT2D eigenvalue weighted by atomic mass is 16.4. The van der Waals surface area contributed by atoms with Gasteiger partial charge in [-0.15, -0.1) is 0 Å². The van der Waals surface area contributed by atoms with Crippen LogP contribution in [-0.2, 0) is 14.4 Å². The van der Waals surface area contributed by atoms with Crippen LogP contribution in [0.1, 0.15) is 6.92 Å². The van der Waals surface area contributed by atoms with E-state index >= 15 is 0 Å². The highest BCUT2D eigenvalue weighted by molar-refractivity contribution is 5.82. The number of carbonyl (C=O) groups is 3. The van der Waals surface area contributed by atoms with Gasteiger partial charge in [0.1, 0.15) is 0 Å². The molecule has 0 aliphatic carbocycles. The van der Waals surface area contributed by atoms with Gasteiger partial charge in [0.05, 0.1) is 13.1 Å². The Labute approximate surface area is 106 Å². The monoisotopic (exact) mass is 260 g/mol. The molecule has 0 heterocycles. The molecule has 0 aromatic carbocycles. The molecule has 0 rings (SSSR count). The zero-order valence-corrected chi connectivity index (χ0v) is 10.9. The average molecular weight is 260 g/mol. The van der Waals surface area contributed by atoms with Gasteiger partial charge in [-0.1, -0.05) is 0 Å². The Morgan fingerprint density at radius 2 is 1.67 bits per heavy atom. The Balaban J connectivity index is 4.16. The average Bonchev–Trinajstić information content (AvgIpc) is 2.22. The van der Waals surface area contributed by atoms with Crippen LogP contribution in [0.4, 0.5) is 0 Å². The van der Waals surface area contributed by atoms with Crippen molar-refractivity contribution in [2.24, 2.45) is 0 Å². The summed E-state index contributed by atoms with van der Waals surface area (Å²) in [5, 5.41) is 8.72. The van der Waals surface area contributed by atoms with Crippen LogP contribution in [-0.4, -0.2) is 73.0 Å². The second kappa shape index (κ2) is 8.43. The zero-order valence-electron chi connectivity index (χ0n) is 10.9. The van der Waals surface area contributed by atoms with Crippen molar-refractivity contribution in [3.8, 4) is 0 Å². The number of nitrogens with zero attached hydrogens (tertiary/aromatic N) is 2. The lowest BCUT2D eigenvalue weighted by molar-refractivity contribution is -0.139. The number of carboxylic acid groups (broad SMARTS) is 1. The predicted octanol–water partition coefficient (Wildman–Crippen LogP) is -1.90. The Morgan fingerprint density at radius 3 is 2.11 bits per heavy atom. The summed E-state index contributed by atoms with van der Waals surface area (Å²) in [4.78, 5) is 36.0. The smallest absolute Gasteiger partial charge is 0.317 e. The largest absolute Gasteiger partial charge is 0.480 e. The van der Waals surface area contributed by atoms with E-state index in [1.165, 1.54) is 11.8 Å². The van der Waals surface area contributed by atoms with E-state index in [1.807, 2.05) is 19.0 Å². The summed E-state index contributed by atoms with van der Waals surface area (Å²) in [6.45, 7) is 2.05. The summed E-state index contributed by atoms with van der Waals surface area (Å²) in [7, 11) is 3.71. The lowest BCUT2D eigenvalue weighted by Crippen LogP contribution is -2.47. The summed E-state index contributed by atoms with van der Waals surface area (Å²) < 4.78 is 0. The van der Waals surface area contributed by atoms with Gasteiger partial charge >= 0.3 is 5.97 Å². The first-order valence-electron chi connectivity index (χ1n) is 5.45. The van der Waals surface area contributed by atoms with Crippen LogP contribution in [0.15, 0.2) is 0 Å². The van der Waals surface area contributed by atoms with Crippen LogP contribution in [0.25, 0.3) is 0 Å². The molecule has 0 bridgehead atoms. The molecule has 0 aromatic rings. The molecule has 0 spiro atoms. The standard InChI is InChI=1S/C10H20N4O4/c1-8(15)11-12-9(16)6-14(7-10(17)18)5-4-13(2)3/h4-7H2,1-3H3,(H,11,15)(H,12,16)(H,17,18). The lowest BCUT2D eigenvalue weighted by Gasteiger charge is -2.21. The number of rotatable bonds is 7. The van der Waals surface area contributed by atoms with Crippen LogP contribution in [0.3, 0.4) is 0 Å². The van der Waals surface area contributed by atoms with Crippen molar-refractivity contribution in [1.82, 2.24) is 20.7 Å². The van der Waals surface area contributed by atoms with Crippen molar-refractivity contribution in [2.75, 3.05) is 40.3 Å². The van der Waals surface area contributed by atoms with Gasteiger partial charge in [-0.05, 0) is 14.1 Å². The molecule has 0 unspecified atom stereocenters. The minimum absolute atomic E-state index is 0.0829. The summed E-state index contributed by atoms with van der Waals surface area (Å²) in [5.41, 5.74) is 4.33. The van der Waals surface area contributed by atoms with Crippen molar-refractivity contribution in [3.63, 3.8) is 0 Å². The van der Waals surface area contributed by atoms with E-state index < -0.39 is 11.9 Å². The Bertz CT molecular complexity index is 306. The second-order valence-electron chi connectivity index (χ2n) is 4.14. The van der Waals surface area contributed by atoms with Crippen molar-refractivity contribution in [2.45, 2.75) is 6.92 Å². The van der Waals surface area contributed by atoms with Gasteiger partial charge in [0.2, 0.25) is 5.91 Å². The van der Waals surface area contributed by atoms with E-state index in [0.717, 1.165) is 0 Å². The maximum Gasteiger partial charge on any atom is 0.317 e. The number of hydrogen-bond donors (Lipinski definition) is 3. The molecular formula is C10H20N4O4.